The molecular weight excluding hydrogens is 453 g/mol. The molecule has 0 radical (unpaired) electrons. The Morgan fingerprint density at radius 3 is 2.12 bits per heavy atom. The highest BCUT2D eigenvalue weighted by Gasteiger charge is 2.43. The summed E-state index contributed by atoms with van der Waals surface area (Å²) in [7, 11) is 0. The first-order valence-corrected chi connectivity index (χ1v) is 11.5. The first-order valence-electron chi connectivity index (χ1n) is 11.5. The summed E-state index contributed by atoms with van der Waals surface area (Å²) < 4.78 is 45.0. The topological polar surface area (TPSA) is 87.1 Å². The van der Waals surface area contributed by atoms with E-state index >= 15 is 0 Å². The van der Waals surface area contributed by atoms with Crippen LogP contribution in [0.2, 0.25) is 0 Å². The molecule has 0 aromatic heterocycles. The molecule has 1 unspecified atom stereocenters. The third-order valence-electron chi connectivity index (χ3n) is 6.24. The van der Waals surface area contributed by atoms with Gasteiger partial charge in [-0.15, -0.1) is 0 Å². The van der Waals surface area contributed by atoms with E-state index < -0.39 is 42.2 Å². The smallest absolute Gasteiger partial charge is 0.410 e. The van der Waals surface area contributed by atoms with Crippen LogP contribution in [0.4, 0.5) is 18.0 Å². The van der Waals surface area contributed by atoms with Crippen LogP contribution < -0.4 is 0 Å². The predicted molar refractivity (Wildman–Crippen MR) is 118 cm³/mol. The first-order chi connectivity index (χ1) is 15.7. The van der Waals surface area contributed by atoms with E-state index in [2.05, 4.69) is 0 Å². The van der Waals surface area contributed by atoms with Crippen molar-refractivity contribution < 1.29 is 37.4 Å². The molecule has 1 atom stereocenters. The normalized spacial score (nSPS) is 20.2. The molecule has 7 nitrogen and oxygen atoms in total. The standard InChI is InChI=1S/C24H31F3N2O5/c1-23(2,3)34-22(33)28-9-6-15(7-10-28)16-11-17(13-18(12-16)21(31)32)20(30)29-8-4-5-19(14-29)24(25,26)27/h11-13,15,19H,4-10,14H2,1-3H3,(H,31,32). The summed E-state index contributed by atoms with van der Waals surface area (Å²) in [6.07, 6.45) is -3.47. The number of piperidine rings is 2. The van der Waals surface area contributed by atoms with Gasteiger partial charge in [0.05, 0.1) is 11.5 Å². The van der Waals surface area contributed by atoms with Gasteiger partial charge in [0, 0.05) is 31.7 Å². The van der Waals surface area contributed by atoms with Gasteiger partial charge in [0.2, 0.25) is 0 Å². The fraction of sp³-hybridized carbons (Fsp3) is 0.625. The highest BCUT2D eigenvalue weighted by atomic mass is 19.4. The summed E-state index contributed by atoms with van der Waals surface area (Å²) in [5.41, 5.74) is 0.0158. The lowest BCUT2D eigenvalue weighted by atomic mass is 9.87. The number of rotatable bonds is 3. The molecule has 1 aromatic carbocycles. The van der Waals surface area contributed by atoms with Gasteiger partial charge in [0.1, 0.15) is 5.60 Å². The van der Waals surface area contributed by atoms with Gasteiger partial charge in [-0.05, 0) is 76.1 Å². The summed E-state index contributed by atoms with van der Waals surface area (Å²) in [5.74, 6) is -3.48. The van der Waals surface area contributed by atoms with Crippen molar-refractivity contribution in [2.45, 2.75) is 64.1 Å². The van der Waals surface area contributed by atoms with Crippen molar-refractivity contribution in [3.8, 4) is 0 Å². The van der Waals surface area contributed by atoms with Crippen LogP contribution in [0.1, 0.15) is 78.7 Å². The fourth-order valence-electron chi connectivity index (χ4n) is 4.47. The number of hydrogen-bond donors (Lipinski definition) is 1. The summed E-state index contributed by atoms with van der Waals surface area (Å²) in [5, 5.41) is 9.55. The van der Waals surface area contributed by atoms with Crippen molar-refractivity contribution in [1.29, 1.82) is 0 Å². The molecule has 0 spiro atoms. The second-order valence-electron chi connectivity index (χ2n) is 10.0. The minimum Gasteiger partial charge on any atom is -0.478 e. The second kappa shape index (κ2) is 9.84. The van der Waals surface area contributed by atoms with Gasteiger partial charge >= 0.3 is 18.2 Å². The Hall–Kier alpha value is -2.78. The number of carboxylic acids is 1. The van der Waals surface area contributed by atoms with Gasteiger partial charge in [0.15, 0.2) is 0 Å². The molecule has 0 aliphatic carbocycles. The van der Waals surface area contributed by atoms with E-state index in [1.807, 2.05) is 0 Å². The van der Waals surface area contributed by atoms with Crippen molar-refractivity contribution in [2.75, 3.05) is 26.2 Å². The Kier molecular flexibility index (Phi) is 7.47. The molecule has 2 heterocycles. The molecule has 1 aromatic rings. The van der Waals surface area contributed by atoms with Crippen molar-refractivity contribution in [1.82, 2.24) is 9.80 Å². The molecule has 10 heteroatoms. The van der Waals surface area contributed by atoms with Gasteiger partial charge in [-0.25, -0.2) is 9.59 Å². The van der Waals surface area contributed by atoms with E-state index in [-0.39, 0.29) is 36.4 Å². The van der Waals surface area contributed by atoms with E-state index in [0.29, 0.717) is 31.5 Å². The summed E-state index contributed by atoms with van der Waals surface area (Å²) in [6, 6.07) is 4.31. The average Bonchev–Trinajstić information content (AvgIpc) is 2.76. The summed E-state index contributed by atoms with van der Waals surface area (Å²) in [4.78, 5) is 39.8. The van der Waals surface area contributed by atoms with E-state index in [1.54, 1.807) is 31.7 Å². The van der Waals surface area contributed by atoms with E-state index in [9.17, 15) is 32.7 Å². The molecule has 2 amide bonds. The maximum Gasteiger partial charge on any atom is 0.410 e. The van der Waals surface area contributed by atoms with Crippen molar-refractivity contribution in [2.24, 2.45) is 5.92 Å². The molecule has 2 saturated heterocycles. The quantitative estimate of drug-likeness (QED) is 0.659. The number of amides is 2. The van der Waals surface area contributed by atoms with E-state index in [1.165, 1.54) is 12.1 Å². The number of likely N-dealkylation sites (tertiary alicyclic amines) is 2. The van der Waals surface area contributed by atoms with Crippen LogP contribution in [0.3, 0.4) is 0 Å². The number of ether oxygens (including phenoxy) is 1. The van der Waals surface area contributed by atoms with Crippen molar-refractivity contribution >= 4 is 18.0 Å². The lowest BCUT2D eigenvalue weighted by Crippen LogP contribution is -2.44. The monoisotopic (exact) mass is 484 g/mol. The number of hydrogen-bond acceptors (Lipinski definition) is 4. The molecule has 34 heavy (non-hydrogen) atoms. The summed E-state index contributed by atoms with van der Waals surface area (Å²) in [6.45, 7) is 5.96. The number of nitrogens with zero attached hydrogens (tertiary/aromatic N) is 2. The van der Waals surface area contributed by atoms with Crippen molar-refractivity contribution in [3.05, 3.63) is 34.9 Å². The van der Waals surface area contributed by atoms with Gasteiger partial charge in [-0.3, -0.25) is 4.79 Å². The zero-order valence-electron chi connectivity index (χ0n) is 19.7. The number of benzene rings is 1. The molecule has 0 bridgehead atoms. The average molecular weight is 485 g/mol. The van der Waals surface area contributed by atoms with Gasteiger partial charge < -0.3 is 19.6 Å². The molecule has 2 fully saturated rings. The molecule has 3 rings (SSSR count). The Bertz CT molecular complexity index is 934. The second-order valence-corrected chi connectivity index (χ2v) is 10.0. The number of carboxylic acid groups (broad SMARTS) is 1. The third-order valence-corrected chi connectivity index (χ3v) is 6.24. The highest BCUT2D eigenvalue weighted by Crippen LogP contribution is 2.34. The molecule has 2 aliphatic rings. The minimum absolute atomic E-state index is 0.0239. The number of halogens is 3. The van der Waals surface area contributed by atoms with Crippen LogP contribution in [0.15, 0.2) is 18.2 Å². The number of carbonyl (C=O) groups is 3. The van der Waals surface area contributed by atoms with Gasteiger partial charge in [0.25, 0.3) is 5.91 Å². The molecular formula is C24H31F3N2O5. The molecule has 2 aliphatic heterocycles. The Morgan fingerprint density at radius 1 is 0.941 bits per heavy atom. The Labute approximate surface area is 196 Å². The Balaban J connectivity index is 1.76. The number of carbonyl (C=O) groups excluding carboxylic acids is 2. The molecule has 1 N–H and O–H groups in total. The van der Waals surface area contributed by atoms with Crippen molar-refractivity contribution in [3.63, 3.8) is 0 Å². The van der Waals surface area contributed by atoms with Crippen LogP contribution in [-0.2, 0) is 4.74 Å². The largest absolute Gasteiger partial charge is 0.478 e. The summed E-state index contributed by atoms with van der Waals surface area (Å²) >= 11 is 0. The lowest BCUT2D eigenvalue weighted by molar-refractivity contribution is -0.184. The number of alkyl halides is 3. The van der Waals surface area contributed by atoms with Gasteiger partial charge in [-0.2, -0.15) is 13.2 Å². The first kappa shape index (κ1) is 25.8. The van der Waals surface area contributed by atoms with Crippen LogP contribution >= 0.6 is 0 Å². The SMILES string of the molecule is CC(C)(C)OC(=O)N1CCC(c2cc(C(=O)O)cc(C(=O)N3CCCC(C(F)(F)F)C3)c2)CC1. The minimum atomic E-state index is -4.38. The molecule has 0 saturated carbocycles. The zero-order valence-corrected chi connectivity index (χ0v) is 19.7. The van der Waals surface area contributed by atoms with Crippen LogP contribution in [0.25, 0.3) is 0 Å². The van der Waals surface area contributed by atoms with Crippen LogP contribution in [-0.4, -0.2) is 70.8 Å². The van der Waals surface area contributed by atoms with E-state index in [4.69, 9.17) is 4.74 Å². The number of aromatic carboxylic acids is 1. The molecule has 188 valence electrons. The maximum atomic E-state index is 13.2. The Morgan fingerprint density at radius 2 is 1.56 bits per heavy atom. The van der Waals surface area contributed by atoms with E-state index in [0.717, 1.165) is 4.90 Å². The van der Waals surface area contributed by atoms with Crippen LogP contribution in [0, 0.1) is 5.92 Å². The van der Waals surface area contributed by atoms with Crippen LogP contribution in [0.5, 0.6) is 0 Å². The third kappa shape index (κ3) is 6.42. The predicted octanol–water partition coefficient (Wildman–Crippen LogP) is 4.91. The lowest BCUT2D eigenvalue weighted by Gasteiger charge is -2.35. The zero-order chi connectivity index (χ0) is 25.3. The van der Waals surface area contributed by atoms with Gasteiger partial charge in [-0.1, -0.05) is 0 Å². The highest BCUT2D eigenvalue weighted by molar-refractivity contribution is 5.98. The fourth-order valence-corrected chi connectivity index (χ4v) is 4.47. The maximum absolute atomic E-state index is 13.2.